The first-order valence-corrected chi connectivity index (χ1v) is 9.43. The highest BCUT2D eigenvalue weighted by atomic mass is 16.5. The summed E-state index contributed by atoms with van der Waals surface area (Å²) in [7, 11) is 0. The van der Waals surface area contributed by atoms with Crippen molar-refractivity contribution in [3.63, 3.8) is 0 Å². The van der Waals surface area contributed by atoms with Gasteiger partial charge in [0.1, 0.15) is 5.75 Å². The molecule has 1 aromatic carbocycles. The van der Waals surface area contributed by atoms with Gasteiger partial charge in [-0.3, -0.25) is 0 Å². The van der Waals surface area contributed by atoms with Gasteiger partial charge in [0.05, 0.1) is 11.2 Å². The molecule has 1 aliphatic carbocycles. The van der Waals surface area contributed by atoms with Gasteiger partial charge in [-0.05, 0) is 50.8 Å². The molecule has 1 aliphatic rings. The van der Waals surface area contributed by atoms with E-state index in [0.717, 1.165) is 6.42 Å². The summed E-state index contributed by atoms with van der Waals surface area (Å²) in [5.74, 6) is 0.329. The van der Waals surface area contributed by atoms with Crippen molar-refractivity contribution in [3.8, 4) is 5.75 Å². The number of hydrogen-bond donors (Lipinski definition) is 1. The van der Waals surface area contributed by atoms with Crippen molar-refractivity contribution < 1.29 is 9.84 Å². The molecule has 23 heavy (non-hydrogen) atoms. The Hall–Kier alpha value is -1.02. The molecule has 1 aromatic rings. The van der Waals surface area contributed by atoms with Crippen LogP contribution in [0.4, 0.5) is 0 Å². The second-order valence-electron chi connectivity index (χ2n) is 7.91. The monoisotopic (exact) mass is 318 g/mol. The average Bonchev–Trinajstić information content (AvgIpc) is 2.50. The maximum absolute atomic E-state index is 9.45. The minimum absolute atomic E-state index is 0.0911. The number of ether oxygens (including phenoxy) is 1. The fourth-order valence-corrected chi connectivity index (χ4v) is 4.02. The molecule has 0 radical (unpaired) electrons. The maximum Gasteiger partial charge on any atom is 0.115 e. The van der Waals surface area contributed by atoms with Crippen molar-refractivity contribution in [1.29, 1.82) is 0 Å². The molecule has 2 heteroatoms. The summed E-state index contributed by atoms with van der Waals surface area (Å²) in [6.45, 7) is 6.70. The minimum atomic E-state index is -0.166. The second kappa shape index (κ2) is 8.19. The van der Waals surface area contributed by atoms with Crippen molar-refractivity contribution in [2.75, 3.05) is 0 Å². The van der Waals surface area contributed by atoms with E-state index in [-0.39, 0.29) is 11.2 Å². The van der Waals surface area contributed by atoms with E-state index in [1.807, 2.05) is 12.1 Å². The molecule has 0 aliphatic heterocycles. The van der Waals surface area contributed by atoms with Gasteiger partial charge in [0.2, 0.25) is 0 Å². The zero-order valence-electron chi connectivity index (χ0n) is 15.2. The highest BCUT2D eigenvalue weighted by Gasteiger charge is 2.37. The van der Waals surface area contributed by atoms with Crippen LogP contribution in [-0.4, -0.2) is 16.3 Å². The van der Waals surface area contributed by atoms with Crippen LogP contribution in [0.15, 0.2) is 24.3 Å². The van der Waals surface area contributed by atoms with E-state index in [0.29, 0.717) is 5.75 Å². The zero-order chi connectivity index (χ0) is 16.8. The lowest BCUT2D eigenvalue weighted by Gasteiger charge is -2.44. The van der Waals surface area contributed by atoms with Crippen LogP contribution in [0.2, 0.25) is 0 Å². The molecule has 0 saturated heterocycles. The third-order valence-electron chi connectivity index (χ3n) is 5.06. The van der Waals surface area contributed by atoms with Gasteiger partial charge in [-0.1, -0.05) is 57.6 Å². The van der Waals surface area contributed by atoms with Crippen LogP contribution >= 0.6 is 0 Å². The molecule has 130 valence electrons. The Labute approximate surface area is 142 Å². The molecule has 0 heterocycles. The van der Waals surface area contributed by atoms with Crippen LogP contribution in [0, 0.1) is 0 Å². The number of benzene rings is 1. The Bertz CT molecular complexity index is 455. The third-order valence-corrected chi connectivity index (χ3v) is 5.06. The molecule has 0 amide bonds. The summed E-state index contributed by atoms with van der Waals surface area (Å²) in [6.07, 6.45) is 12.4. The summed E-state index contributed by atoms with van der Waals surface area (Å²) in [5, 5.41) is 9.45. The SMILES string of the molecule is CCCCCC1(OC(C)(C)Cc2ccc(O)cc2)CCCCC1. The second-order valence-corrected chi connectivity index (χ2v) is 7.91. The number of rotatable bonds is 8. The molecule has 2 nitrogen and oxygen atoms in total. The van der Waals surface area contributed by atoms with Crippen molar-refractivity contribution >= 4 is 0 Å². The lowest BCUT2D eigenvalue weighted by atomic mass is 9.80. The molecule has 2 rings (SSSR count). The molecule has 1 fully saturated rings. The van der Waals surface area contributed by atoms with Crippen molar-refractivity contribution in [2.24, 2.45) is 0 Å². The Morgan fingerprint density at radius 2 is 1.70 bits per heavy atom. The van der Waals surface area contributed by atoms with Gasteiger partial charge in [-0.2, -0.15) is 0 Å². The Balaban J connectivity index is 2.02. The van der Waals surface area contributed by atoms with Gasteiger partial charge in [0.15, 0.2) is 0 Å². The summed E-state index contributed by atoms with van der Waals surface area (Å²) >= 11 is 0. The Kier molecular flexibility index (Phi) is 6.52. The first kappa shape index (κ1) is 18.3. The average molecular weight is 319 g/mol. The summed E-state index contributed by atoms with van der Waals surface area (Å²) in [4.78, 5) is 0. The molecular weight excluding hydrogens is 284 g/mol. The van der Waals surface area contributed by atoms with Crippen molar-refractivity contribution in [3.05, 3.63) is 29.8 Å². The van der Waals surface area contributed by atoms with Crippen LogP contribution in [0.3, 0.4) is 0 Å². The van der Waals surface area contributed by atoms with Crippen LogP contribution < -0.4 is 0 Å². The molecule has 1 N–H and O–H groups in total. The molecule has 0 atom stereocenters. The predicted octanol–water partition coefficient (Wildman–Crippen LogP) is 6.01. The Morgan fingerprint density at radius 3 is 2.30 bits per heavy atom. The van der Waals surface area contributed by atoms with Crippen LogP contribution in [0.1, 0.15) is 84.1 Å². The highest BCUT2D eigenvalue weighted by Crippen LogP contribution is 2.40. The van der Waals surface area contributed by atoms with Gasteiger partial charge in [0.25, 0.3) is 0 Å². The smallest absolute Gasteiger partial charge is 0.115 e. The standard InChI is InChI=1S/C21H34O2/c1-4-5-7-14-21(15-8-6-9-16-21)23-20(2,3)17-18-10-12-19(22)13-11-18/h10-13,22H,4-9,14-17H2,1-3H3. The molecule has 0 aromatic heterocycles. The zero-order valence-corrected chi connectivity index (χ0v) is 15.2. The summed E-state index contributed by atoms with van der Waals surface area (Å²) < 4.78 is 6.78. The number of unbranched alkanes of at least 4 members (excludes halogenated alkanes) is 2. The number of hydrogen-bond acceptors (Lipinski definition) is 2. The minimum Gasteiger partial charge on any atom is -0.508 e. The van der Waals surface area contributed by atoms with Crippen LogP contribution in [0.5, 0.6) is 5.75 Å². The van der Waals surface area contributed by atoms with E-state index in [9.17, 15) is 5.11 Å². The fourth-order valence-electron chi connectivity index (χ4n) is 4.02. The van der Waals surface area contributed by atoms with E-state index in [1.54, 1.807) is 12.1 Å². The number of phenolic OH excluding ortho intramolecular Hbond substituents is 1. The number of phenols is 1. The lowest BCUT2D eigenvalue weighted by molar-refractivity contribution is -0.160. The number of aromatic hydroxyl groups is 1. The van der Waals surface area contributed by atoms with Gasteiger partial charge >= 0.3 is 0 Å². The highest BCUT2D eigenvalue weighted by molar-refractivity contribution is 5.26. The van der Waals surface area contributed by atoms with Crippen molar-refractivity contribution in [2.45, 2.75) is 96.2 Å². The van der Waals surface area contributed by atoms with Gasteiger partial charge in [-0.15, -0.1) is 0 Å². The van der Waals surface area contributed by atoms with Crippen LogP contribution in [0.25, 0.3) is 0 Å². The van der Waals surface area contributed by atoms with Crippen molar-refractivity contribution in [1.82, 2.24) is 0 Å². The summed E-state index contributed by atoms with van der Waals surface area (Å²) in [6, 6.07) is 7.54. The topological polar surface area (TPSA) is 29.5 Å². The van der Waals surface area contributed by atoms with E-state index >= 15 is 0 Å². The Morgan fingerprint density at radius 1 is 1.04 bits per heavy atom. The molecule has 0 spiro atoms. The molecule has 0 unspecified atom stereocenters. The van der Waals surface area contributed by atoms with Gasteiger partial charge < -0.3 is 9.84 Å². The predicted molar refractivity (Wildman–Crippen MR) is 96.9 cm³/mol. The summed E-state index contributed by atoms with van der Waals surface area (Å²) in [5.41, 5.74) is 1.15. The maximum atomic E-state index is 9.45. The quantitative estimate of drug-likeness (QED) is 0.594. The largest absolute Gasteiger partial charge is 0.508 e. The molecular formula is C21H34O2. The van der Waals surface area contributed by atoms with Crippen LogP contribution in [-0.2, 0) is 11.2 Å². The molecule has 0 bridgehead atoms. The van der Waals surface area contributed by atoms with E-state index in [4.69, 9.17) is 4.74 Å². The lowest BCUT2D eigenvalue weighted by Crippen LogP contribution is -2.44. The first-order chi connectivity index (χ1) is 10.9. The van der Waals surface area contributed by atoms with E-state index in [2.05, 4.69) is 20.8 Å². The normalized spacial score (nSPS) is 18.0. The molecule has 1 saturated carbocycles. The van der Waals surface area contributed by atoms with Gasteiger partial charge in [0, 0.05) is 6.42 Å². The van der Waals surface area contributed by atoms with E-state index in [1.165, 1.54) is 63.4 Å². The van der Waals surface area contributed by atoms with E-state index < -0.39 is 0 Å². The van der Waals surface area contributed by atoms with Gasteiger partial charge in [-0.25, -0.2) is 0 Å². The third kappa shape index (κ3) is 5.84. The first-order valence-electron chi connectivity index (χ1n) is 9.43. The fraction of sp³-hybridized carbons (Fsp3) is 0.714.